The van der Waals surface area contributed by atoms with E-state index in [4.69, 9.17) is 33.2 Å². The van der Waals surface area contributed by atoms with Crippen LogP contribution in [0.2, 0.25) is 10.0 Å². The lowest BCUT2D eigenvalue weighted by Crippen LogP contribution is -2.26. The van der Waals surface area contributed by atoms with Gasteiger partial charge in [-0.2, -0.15) is 0 Å². The van der Waals surface area contributed by atoms with Crippen LogP contribution in [-0.2, 0) is 0 Å². The van der Waals surface area contributed by atoms with Gasteiger partial charge in [-0.05, 0) is 38.1 Å². The van der Waals surface area contributed by atoms with E-state index in [9.17, 15) is 0 Å². The predicted molar refractivity (Wildman–Crippen MR) is 108 cm³/mol. The van der Waals surface area contributed by atoms with Crippen molar-refractivity contribution < 1.29 is 0 Å². The van der Waals surface area contributed by atoms with Crippen molar-refractivity contribution in [1.29, 1.82) is 0 Å². The van der Waals surface area contributed by atoms with Crippen LogP contribution in [0.1, 0.15) is 13.8 Å². The van der Waals surface area contributed by atoms with Crippen LogP contribution in [0.3, 0.4) is 0 Å². The Morgan fingerprint density at radius 3 is 2.56 bits per heavy atom. The van der Waals surface area contributed by atoms with Crippen molar-refractivity contribution >= 4 is 39.9 Å². The number of fused-ring (bicyclic) bond motifs is 1. The van der Waals surface area contributed by atoms with Crippen LogP contribution in [0, 0.1) is 0 Å². The highest BCUT2D eigenvalue weighted by Gasteiger charge is 2.16. The quantitative estimate of drug-likeness (QED) is 0.514. The van der Waals surface area contributed by atoms with Crippen molar-refractivity contribution in [2.24, 2.45) is 0 Å². The van der Waals surface area contributed by atoms with E-state index in [0.29, 0.717) is 15.9 Å². The summed E-state index contributed by atoms with van der Waals surface area (Å²) < 4.78 is 0. The van der Waals surface area contributed by atoms with E-state index in [-0.39, 0.29) is 0 Å². The molecule has 2 aromatic carbocycles. The molecule has 5 heteroatoms. The zero-order valence-electron chi connectivity index (χ0n) is 14.3. The van der Waals surface area contributed by atoms with Gasteiger partial charge in [-0.1, -0.05) is 53.6 Å². The predicted octanol–water partition coefficient (Wildman–Crippen LogP) is 6.01. The maximum absolute atomic E-state index is 6.39. The fourth-order valence-corrected chi connectivity index (χ4v) is 3.15. The van der Waals surface area contributed by atoms with E-state index in [1.54, 1.807) is 6.07 Å². The van der Waals surface area contributed by atoms with Gasteiger partial charge in [-0.15, -0.1) is 0 Å². The smallest absolute Gasteiger partial charge is 0.163 e. The van der Waals surface area contributed by atoms with Gasteiger partial charge in [0.25, 0.3) is 0 Å². The Labute approximate surface area is 157 Å². The second kappa shape index (κ2) is 7.42. The summed E-state index contributed by atoms with van der Waals surface area (Å²) in [6.45, 7) is 9.70. The standard InChI is InChI=1S/C20H19Cl2N3/c1-4-25(12-13(2)3)20-14-8-5-6-11-17(14)23-19(24-20)15-9-7-10-16(21)18(15)22/h5-11H,2,4,12H2,1,3H3. The summed E-state index contributed by atoms with van der Waals surface area (Å²) in [4.78, 5) is 11.7. The van der Waals surface area contributed by atoms with E-state index >= 15 is 0 Å². The van der Waals surface area contributed by atoms with Crippen molar-refractivity contribution in [3.63, 3.8) is 0 Å². The number of hydrogen-bond acceptors (Lipinski definition) is 3. The molecular weight excluding hydrogens is 353 g/mol. The monoisotopic (exact) mass is 371 g/mol. The minimum atomic E-state index is 0.466. The normalized spacial score (nSPS) is 10.9. The SMILES string of the molecule is C=C(C)CN(CC)c1nc(-c2cccc(Cl)c2Cl)nc2ccccc12. The topological polar surface area (TPSA) is 29.0 Å². The zero-order chi connectivity index (χ0) is 18.0. The molecule has 3 aromatic rings. The highest BCUT2D eigenvalue weighted by atomic mass is 35.5. The van der Waals surface area contributed by atoms with Crippen LogP contribution in [0.4, 0.5) is 5.82 Å². The molecule has 1 aromatic heterocycles. The third-order valence-electron chi connectivity index (χ3n) is 3.92. The lowest BCUT2D eigenvalue weighted by atomic mass is 10.1. The van der Waals surface area contributed by atoms with Gasteiger partial charge in [-0.25, -0.2) is 9.97 Å². The average molecular weight is 372 g/mol. The number of likely N-dealkylation sites (N-methyl/N-ethyl adjacent to an activating group) is 1. The highest BCUT2D eigenvalue weighted by molar-refractivity contribution is 6.43. The molecule has 3 nitrogen and oxygen atoms in total. The number of para-hydroxylation sites is 1. The third-order valence-corrected chi connectivity index (χ3v) is 4.74. The summed E-state index contributed by atoms with van der Waals surface area (Å²) in [7, 11) is 0. The van der Waals surface area contributed by atoms with Crippen LogP contribution in [0.15, 0.2) is 54.6 Å². The Balaban J connectivity index is 2.25. The van der Waals surface area contributed by atoms with Crippen molar-refractivity contribution in [3.8, 4) is 11.4 Å². The van der Waals surface area contributed by atoms with Gasteiger partial charge in [-0.3, -0.25) is 0 Å². The van der Waals surface area contributed by atoms with Crippen LogP contribution in [0.5, 0.6) is 0 Å². The summed E-state index contributed by atoms with van der Waals surface area (Å²) in [6.07, 6.45) is 0. The zero-order valence-corrected chi connectivity index (χ0v) is 15.8. The number of hydrogen-bond donors (Lipinski definition) is 0. The molecule has 0 radical (unpaired) electrons. The summed E-state index contributed by atoms with van der Waals surface area (Å²) in [5.41, 5.74) is 2.68. The molecule has 1 heterocycles. The largest absolute Gasteiger partial charge is 0.352 e. The number of nitrogens with zero attached hydrogens (tertiary/aromatic N) is 3. The van der Waals surface area contributed by atoms with Crippen LogP contribution in [0.25, 0.3) is 22.3 Å². The molecular formula is C20H19Cl2N3. The summed E-state index contributed by atoms with van der Waals surface area (Å²) >= 11 is 12.6. The lowest BCUT2D eigenvalue weighted by molar-refractivity contribution is 0.863. The molecule has 0 aliphatic heterocycles. The Kier molecular flexibility index (Phi) is 5.26. The maximum atomic E-state index is 6.39. The van der Waals surface area contributed by atoms with E-state index in [1.807, 2.05) is 43.3 Å². The minimum Gasteiger partial charge on any atom is -0.352 e. The molecule has 0 aliphatic rings. The van der Waals surface area contributed by atoms with Crippen molar-refractivity contribution in [2.45, 2.75) is 13.8 Å². The first kappa shape index (κ1) is 17.7. The number of aromatic nitrogens is 2. The van der Waals surface area contributed by atoms with Gasteiger partial charge in [0, 0.05) is 24.0 Å². The van der Waals surface area contributed by atoms with Crippen LogP contribution >= 0.6 is 23.2 Å². The van der Waals surface area contributed by atoms with Crippen LogP contribution in [-0.4, -0.2) is 23.1 Å². The Morgan fingerprint density at radius 1 is 1.08 bits per heavy atom. The molecule has 0 fully saturated rings. The molecule has 0 saturated carbocycles. The van der Waals surface area contributed by atoms with Crippen molar-refractivity contribution in [2.75, 3.05) is 18.0 Å². The molecule has 25 heavy (non-hydrogen) atoms. The molecule has 0 unspecified atom stereocenters. The Morgan fingerprint density at radius 2 is 1.84 bits per heavy atom. The highest BCUT2D eigenvalue weighted by Crippen LogP contribution is 2.34. The Hall–Kier alpha value is -2.10. The number of rotatable bonds is 5. The van der Waals surface area contributed by atoms with E-state index in [2.05, 4.69) is 18.4 Å². The summed E-state index contributed by atoms with van der Waals surface area (Å²) in [5, 5.41) is 1.97. The van der Waals surface area contributed by atoms with E-state index < -0.39 is 0 Å². The first-order valence-electron chi connectivity index (χ1n) is 8.11. The molecule has 0 spiro atoms. The van der Waals surface area contributed by atoms with Crippen molar-refractivity contribution in [3.05, 3.63) is 64.7 Å². The molecule has 0 N–H and O–H groups in total. The van der Waals surface area contributed by atoms with Gasteiger partial charge in [0.2, 0.25) is 0 Å². The minimum absolute atomic E-state index is 0.466. The average Bonchev–Trinajstić information content (AvgIpc) is 2.61. The molecule has 0 atom stereocenters. The fourth-order valence-electron chi connectivity index (χ4n) is 2.76. The first-order chi connectivity index (χ1) is 12.0. The fraction of sp³-hybridized carbons (Fsp3) is 0.200. The maximum Gasteiger partial charge on any atom is 0.163 e. The molecule has 0 amide bonds. The van der Waals surface area contributed by atoms with Gasteiger partial charge in [0.1, 0.15) is 5.82 Å². The molecule has 128 valence electrons. The van der Waals surface area contributed by atoms with Gasteiger partial charge < -0.3 is 4.90 Å². The number of halogens is 2. The lowest BCUT2D eigenvalue weighted by Gasteiger charge is -2.24. The summed E-state index contributed by atoms with van der Waals surface area (Å²) in [6, 6.07) is 13.5. The molecule has 0 saturated heterocycles. The molecule has 0 bridgehead atoms. The van der Waals surface area contributed by atoms with E-state index in [1.165, 1.54) is 0 Å². The van der Waals surface area contributed by atoms with Gasteiger partial charge >= 0.3 is 0 Å². The van der Waals surface area contributed by atoms with Gasteiger partial charge in [0.15, 0.2) is 5.82 Å². The number of benzene rings is 2. The second-order valence-corrected chi connectivity index (χ2v) is 6.75. The van der Waals surface area contributed by atoms with Crippen LogP contribution < -0.4 is 4.90 Å². The second-order valence-electron chi connectivity index (χ2n) is 5.96. The first-order valence-corrected chi connectivity index (χ1v) is 8.87. The number of anilines is 1. The Bertz CT molecular complexity index is 937. The third kappa shape index (κ3) is 3.63. The van der Waals surface area contributed by atoms with Gasteiger partial charge in [0.05, 0.1) is 15.6 Å². The molecule has 3 rings (SSSR count). The van der Waals surface area contributed by atoms with E-state index in [0.717, 1.165) is 40.9 Å². The molecule has 0 aliphatic carbocycles. The van der Waals surface area contributed by atoms with Crippen molar-refractivity contribution in [1.82, 2.24) is 9.97 Å². The summed E-state index contributed by atoms with van der Waals surface area (Å²) in [5.74, 6) is 1.45.